The van der Waals surface area contributed by atoms with Gasteiger partial charge in [-0.3, -0.25) is 9.59 Å². The van der Waals surface area contributed by atoms with Gasteiger partial charge in [-0.05, 0) is 55.2 Å². The third-order valence-electron chi connectivity index (χ3n) is 5.89. The molecule has 0 aliphatic heterocycles. The molecule has 174 valence electrons. The number of H-pyrrole nitrogens is 1. The number of benzene rings is 3. The van der Waals surface area contributed by atoms with E-state index in [0.29, 0.717) is 30.6 Å². The maximum Gasteiger partial charge on any atom is 0.251 e. The summed E-state index contributed by atoms with van der Waals surface area (Å²) in [6, 6.07) is 20.6. The number of hydrogen-bond acceptors (Lipinski definition) is 3. The number of hydrogen-bond donors (Lipinski definition) is 3. The van der Waals surface area contributed by atoms with Crippen molar-refractivity contribution in [3.8, 4) is 0 Å². The quantitative estimate of drug-likeness (QED) is 0.275. The number of aryl methyl sites for hydroxylation is 1. The molecule has 0 bridgehead atoms. The first-order valence-electron chi connectivity index (χ1n) is 11.4. The minimum Gasteiger partial charge on any atom is -0.360 e. The van der Waals surface area contributed by atoms with Gasteiger partial charge in [-0.25, -0.2) is 0 Å². The molecule has 0 spiro atoms. The Hall–Kier alpha value is -3.41. The molecule has 0 aliphatic rings. The van der Waals surface area contributed by atoms with E-state index in [-0.39, 0.29) is 11.7 Å². The van der Waals surface area contributed by atoms with Gasteiger partial charge in [0.25, 0.3) is 5.91 Å². The average molecular weight is 474 g/mol. The van der Waals surface area contributed by atoms with E-state index in [2.05, 4.69) is 15.6 Å². The van der Waals surface area contributed by atoms with Gasteiger partial charge in [-0.15, -0.1) is 0 Å². The number of Topliss-reactive ketones (excluding diaryl/α,β-unsaturated/α-hetero) is 1. The normalized spacial score (nSPS) is 12.0. The summed E-state index contributed by atoms with van der Waals surface area (Å²) in [5.74, 6) is -0.163. The van der Waals surface area contributed by atoms with Crippen LogP contribution in [0, 0.1) is 6.92 Å². The Morgan fingerprint density at radius 3 is 2.56 bits per heavy atom. The Morgan fingerprint density at radius 1 is 1.03 bits per heavy atom. The summed E-state index contributed by atoms with van der Waals surface area (Å²) in [6.45, 7) is 5.05. The van der Waals surface area contributed by atoms with Gasteiger partial charge in [0.2, 0.25) is 0 Å². The summed E-state index contributed by atoms with van der Waals surface area (Å²) in [7, 11) is 0. The van der Waals surface area contributed by atoms with Crippen LogP contribution in [-0.2, 0) is 6.42 Å². The van der Waals surface area contributed by atoms with Crippen molar-refractivity contribution in [1.82, 2.24) is 15.6 Å². The highest BCUT2D eigenvalue weighted by Gasteiger charge is 2.24. The summed E-state index contributed by atoms with van der Waals surface area (Å²) in [4.78, 5) is 29.1. The van der Waals surface area contributed by atoms with E-state index < -0.39 is 6.04 Å². The van der Waals surface area contributed by atoms with Gasteiger partial charge < -0.3 is 15.6 Å². The summed E-state index contributed by atoms with van der Waals surface area (Å²) >= 11 is 6.40. The molecular formula is C28H28ClN3O2. The molecule has 4 rings (SSSR count). The molecule has 0 aliphatic carbocycles. The predicted molar refractivity (Wildman–Crippen MR) is 138 cm³/mol. The Morgan fingerprint density at radius 2 is 1.82 bits per heavy atom. The predicted octanol–water partition coefficient (Wildman–Crippen LogP) is 5.64. The third kappa shape index (κ3) is 5.22. The van der Waals surface area contributed by atoms with Gasteiger partial charge in [0, 0.05) is 46.3 Å². The summed E-state index contributed by atoms with van der Waals surface area (Å²) < 4.78 is 0. The zero-order chi connectivity index (χ0) is 24.1. The molecule has 1 amide bonds. The van der Waals surface area contributed by atoms with E-state index >= 15 is 0 Å². The first kappa shape index (κ1) is 23.7. The minimum atomic E-state index is -0.507. The summed E-state index contributed by atoms with van der Waals surface area (Å²) in [5.41, 5.74) is 4.97. The Labute approximate surface area is 204 Å². The molecule has 0 radical (unpaired) electrons. The van der Waals surface area contributed by atoms with Crippen molar-refractivity contribution < 1.29 is 9.59 Å². The first-order valence-corrected chi connectivity index (χ1v) is 11.8. The van der Waals surface area contributed by atoms with Gasteiger partial charge in [-0.2, -0.15) is 0 Å². The molecule has 5 nitrogen and oxygen atoms in total. The topological polar surface area (TPSA) is 74.0 Å². The molecule has 6 heteroatoms. The van der Waals surface area contributed by atoms with Crippen LogP contribution >= 0.6 is 11.6 Å². The fourth-order valence-electron chi connectivity index (χ4n) is 4.10. The highest BCUT2D eigenvalue weighted by molar-refractivity contribution is 6.31. The number of carbonyl (C=O) groups is 2. The summed E-state index contributed by atoms with van der Waals surface area (Å²) in [6.07, 6.45) is 2.43. The Bertz CT molecular complexity index is 1310. The smallest absolute Gasteiger partial charge is 0.251 e. The van der Waals surface area contributed by atoms with E-state index in [0.717, 1.165) is 32.6 Å². The summed E-state index contributed by atoms with van der Waals surface area (Å²) in [5, 5.41) is 7.77. The van der Waals surface area contributed by atoms with Crippen molar-refractivity contribution in [3.63, 3.8) is 0 Å². The van der Waals surface area contributed by atoms with Crippen molar-refractivity contribution in [2.24, 2.45) is 0 Å². The molecule has 0 saturated carbocycles. The molecule has 1 aromatic heterocycles. The zero-order valence-corrected chi connectivity index (χ0v) is 20.1. The van der Waals surface area contributed by atoms with Crippen LogP contribution in [0.1, 0.15) is 50.4 Å². The third-order valence-corrected chi connectivity index (χ3v) is 6.25. The number of halogens is 1. The van der Waals surface area contributed by atoms with Gasteiger partial charge in [-0.1, -0.05) is 60.1 Å². The molecule has 0 unspecified atom stereocenters. The number of nitrogens with one attached hydrogen (secondary N) is 3. The van der Waals surface area contributed by atoms with Crippen molar-refractivity contribution in [1.29, 1.82) is 0 Å². The van der Waals surface area contributed by atoms with Gasteiger partial charge in [0.15, 0.2) is 5.78 Å². The van der Waals surface area contributed by atoms with E-state index in [9.17, 15) is 9.59 Å². The van der Waals surface area contributed by atoms with E-state index in [4.69, 9.17) is 11.6 Å². The van der Waals surface area contributed by atoms with Crippen molar-refractivity contribution in [2.75, 3.05) is 13.1 Å². The molecular weight excluding hydrogens is 446 g/mol. The molecule has 1 heterocycles. The maximum atomic E-state index is 13.7. The van der Waals surface area contributed by atoms with E-state index in [1.165, 1.54) is 0 Å². The standard InChI is InChI=1S/C28H28ClN3O2/c1-3-30-28(34)21-11-12-22-23(17-32-25(22)16-21)27(33)26(20-7-5-4-6-8-20)31-14-13-19-10-9-18(2)15-24(19)29/h4-12,15-17,26,31-32H,3,13-14H2,1-2H3,(H,30,34)/t26-/m0/s1. The monoisotopic (exact) mass is 473 g/mol. The second-order valence-electron chi connectivity index (χ2n) is 8.33. The zero-order valence-electron chi connectivity index (χ0n) is 19.3. The lowest BCUT2D eigenvalue weighted by Crippen LogP contribution is -2.30. The number of fused-ring (bicyclic) bond motifs is 1. The van der Waals surface area contributed by atoms with Crippen LogP contribution < -0.4 is 10.6 Å². The number of amides is 1. The lowest BCUT2D eigenvalue weighted by atomic mass is 9.96. The largest absolute Gasteiger partial charge is 0.360 e. The number of aromatic nitrogens is 1. The first-order chi connectivity index (χ1) is 16.5. The molecule has 34 heavy (non-hydrogen) atoms. The highest BCUT2D eigenvalue weighted by atomic mass is 35.5. The van der Waals surface area contributed by atoms with E-state index in [1.807, 2.05) is 68.4 Å². The lowest BCUT2D eigenvalue weighted by molar-refractivity contribution is 0.0941. The van der Waals surface area contributed by atoms with Gasteiger partial charge >= 0.3 is 0 Å². The molecule has 0 fully saturated rings. The lowest BCUT2D eigenvalue weighted by Gasteiger charge is -2.18. The molecule has 0 saturated heterocycles. The molecule has 4 aromatic rings. The second kappa shape index (κ2) is 10.7. The Kier molecular flexibility index (Phi) is 7.46. The van der Waals surface area contributed by atoms with Gasteiger partial charge in [0.05, 0.1) is 6.04 Å². The molecule has 3 N–H and O–H groups in total. The van der Waals surface area contributed by atoms with Crippen LogP contribution in [-0.4, -0.2) is 29.8 Å². The Balaban J connectivity index is 1.58. The minimum absolute atomic E-state index is 0.0294. The van der Waals surface area contributed by atoms with Crippen LogP contribution in [0.15, 0.2) is 72.9 Å². The van der Waals surface area contributed by atoms with Crippen LogP contribution in [0.5, 0.6) is 0 Å². The number of rotatable bonds is 9. The fraction of sp³-hybridized carbons (Fsp3) is 0.214. The SMILES string of the molecule is CCNC(=O)c1ccc2c(C(=O)[C@@H](NCCc3ccc(C)cc3Cl)c3ccccc3)c[nH]c2c1. The molecule has 3 aromatic carbocycles. The van der Waals surface area contributed by atoms with Crippen LogP contribution in [0.2, 0.25) is 5.02 Å². The molecule has 1 atom stereocenters. The van der Waals surface area contributed by atoms with Crippen LogP contribution in [0.25, 0.3) is 10.9 Å². The van der Waals surface area contributed by atoms with Crippen molar-refractivity contribution >= 4 is 34.2 Å². The number of aromatic amines is 1. The van der Waals surface area contributed by atoms with Crippen molar-refractivity contribution in [3.05, 3.63) is 106 Å². The van der Waals surface area contributed by atoms with Crippen LogP contribution in [0.4, 0.5) is 0 Å². The average Bonchev–Trinajstić information content (AvgIpc) is 3.27. The van der Waals surface area contributed by atoms with Crippen LogP contribution in [0.3, 0.4) is 0 Å². The maximum absolute atomic E-state index is 13.7. The van der Waals surface area contributed by atoms with Gasteiger partial charge in [0.1, 0.15) is 0 Å². The second-order valence-corrected chi connectivity index (χ2v) is 8.74. The highest BCUT2D eigenvalue weighted by Crippen LogP contribution is 2.26. The number of carbonyl (C=O) groups excluding carboxylic acids is 2. The van der Waals surface area contributed by atoms with Crippen molar-refractivity contribution in [2.45, 2.75) is 26.3 Å². The number of ketones is 1. The van der Waals surface area contributed by atoms with E-state index in [1.54, 1.807) is 18.3 Å². The fourth-order valence-corrected chi connectivity index (χ4v) is 4.43.